The van der Waals surface area contributed by atoms with Crippen molar-refractivity contribution in [1.82, 2.24) is 0 Å². The maximum absolute atomic E-state index is 6.06. The van der Waals surface area contributed by atoms with Crippen LogP contribution in [-0.2, 0) is 0 Å². The average Bonchev–Trinajstić information content (AvgIpc) is 3.16. The van der Waals surface area contributed by atoms with E-state index in [2.05, 4.69) is 55.5 Å². The third-order valence-electron chi connectivity index (χ3n) is 5.04. The van der Waals surface area contributed by atoms with Gasteiger partial charge < -0.3 is 9.15 Å². The summed E-state index contributed by atoms with van der Waals surface area (Å²) in [6.45, 7) is 2.68. The molecule has 0 unspecified atom stereocenters. The van der Waals surface area contributed by atoms with Crippen LogP contribution in [0.2, 0.25) is 5.22 Å². The van der Waals surface area contributed by atoms with Crippen LogP contribution in [0.25, 0.3) is 22.1 Å². The molecule has 0 N–H and O–H groups in total. The fourth-order valence-electron chi connectivity index (χ4n) is 3.72. The van der Waals surface area contributed by atoms with E-state index in [1.807, 2.05) is 30.3 Å². The molecule has 0 fully saturated rings. The number of benzene rings is 3. The van der Waals surface area contributed by atoms with Gasteiger partial charge in [-0.1, -0.05) is 55.5 Å². The number of allylic oxidation sites excluding steroid dienone is 1. The first-order chi connectivity index (χ1) is 14.7. The molecule has 0 saturated heterocycles. The van der Waals surface area contributed by atoms with Crippen molar-refractivity contribution in [3.8, 4) is 5.75 Å². The second kappa shape index (κ2) is 9.42. The van der Waals surface area contributed by atoms with E-state index in [4.69, 9.17) is 32.4 Å². The lowest BCUT2D eigenvalue weighted by atomic mass is 9.88. The molecule has 1 aromatic heterocycles. The summed E-state index contributed by atoms with van der Waals surface area (Å²) in [5, 5.41) is 1.40. The van der Waals surface area contributed by atoms with Crippen LogP contribution in [0.1, 0.15) is 30.0 Å². The van der Waals surface area contributed by atoms with Crippen molar-refractivity contribution in [2.24, 2.45) is 0 Å². The van der Waals surface area contributed by atoms with Crippen LogP contribution in [-0.4, -0.2) is 12.5 Å². The van der Waals surface area contributed by atoms with Crippen LogP contribution >= 0.6 is 23.2 Å². The predicted molar refractivity (Wildman–Crippen MR) is 127 cm³/mol. The van der Waals surface area contributed by atoms with Crippen molar-refractivity contribution in [3.05, 3.63) is 101 Å². The Hall–Kier alpha value is -2.68. The molecule has 1 heterocycles. The smallest absolute Gasteiger partial charge is 0.194 e. The van der Waals surface area contributed by atoms with E-state index in [1.54, 1.807) is 0 Å². The molecule has 0 bridgehead atoms. The third-order valence-corrected chi connectivity index (χ3v) is 5.38. The number of fused-ring (bicyclic) bond motifs is 1. The number of ether oxygens (including phenoxy) is 1. The molecule has 0 aliphatic rings. The molecule has 4 aromatic rings. The van der Waals surface area contributed by atoms with Gasteiger partial charge in [-0.05, 0) is 70.1 Å². The topological polar surface area (TPSA) is 22.4 Å². The molecule has 0 amide bonds. The molecule has 0 spiro atoms. The summed E-state index contributed by atoms with van der Waals surface area (Å²) in [5.41, 5.74) is 6.73. The molecule has 152 valence electrons. The zero-order chi connectivity index (χ0) is 20.9. The first-order valence-electron chi connectivity index (χ1n) is 9.97. The Bertz CT molecular complexity index is 1160. The molecule has 0 radical (unpaired) electrons. The van der Waals surface area contributed by atoms with Crippen molar-refractivity contribution in [1.29, 1.82) is 0 Å². The molecule has 2 nitrogen and oxygen atoms in total. The molecule has 0 aliphatic heterocycles. The Morgan fingerprint density at radius 2 is 1.57 bits per heavy atom. The van der Waals surface area contributed by atoms with Gasteiger partial charge in [-0.25, -0.2) is 0 Å². The van der Waals surface area contributed by atoms with Crippen LogP contribution in [0.4, 0.5) is 0 Å². The molecule has 4 heteroatoms. The van der Waals surface area contributed by atoms with Crippen molar-refractivity contribution in [3.63, 3.8) is 0 Å². The summed E-state index contributed by atoms with van der Waals surface area (Å²) >= 11 is 11.8. The number of hydrogen-bond acceptors (Lipinski definition) is 2. The number of furan rings is 1. The van der Waals surface area contributed by atoms with Crippen LogP contribution in [0, 0.1) is 0 Å². The summed E-state index contributed by atoms with van der Waals surface area (Å²) in [6.07, 6.45) is 0.881. The van der Waals surface area contributed by atoms with Gasteiger partial charge in [0, 0.05) is 11.5 Å². The van der Waals surface area contributed by atoms with Crippen LogP contribution in [0.15, 0.2) is 83.3 Å². The Balaban J connectivity index is 1.86. The lowest BCUT2D eigenvalue weighted by Crippen LogP contribution is -1.99. The van der Waals surface area contributed by atoms with Gasteiger partial charge in [0.15, 0.2) is 5.22 Å². The van der Waals surface area contributed by atoms with Gasteiger partial charge in [-0.2, -0.15) is 0 Å². The molecule has 0 aliphatic carbocycles. The quantitative estimate of drug-likeness (QED) is 0.215. The summed E-state index contributed by atoms with van der Waals surface area (Å²) in [5.74, 6) is 1.29. The zero-order valence-corrected chi connectivity index (χ0v) is 18.2. The molecule has 4 rings (SSSR count). The molecular weight excluding hydrogens is 415 g/mol. The SMILES string of the molecule is CCC(=C(c1ccccc1)c1ccc(OCCCl)cc1)c1ccc2oc(Cl)cc2c1. The van der Waals surface area contributed by atoms with Crippen LogP contribution in [0.5, 0.6) is 5.75 Å². The number of halogens is 2. The maximum Gasteiger partial charge on any atom is 0.194 e. The van der Waals surface area contributed by atoms with Gasteiger partial charge in [0.2, 0.25) is 0 Å². The lowest BCUT2D eigenvalue weighted by Gasteiger charge is -2.17. The summed E-state index contributed by atoms with van der Waals surface area (Å²) in [7, 11) is 0. The van der Waals surface area contributed by atoms with Gasteiger partial charge in [0.1, 0.15) is 17.9 Å². The Labute approximate surface area is 186 Å². The number of alkyl halides is 1. The van der Waals surface area contributed by atoms with E-state index in [0.29, 0.717) is 17.7 Å². The summed E-state index contributed by atoms with van der Waals surface area (Å²) < 4.78 is 11.2. The predicted octanol–water partition coefficient (Wildman–Crippen LogP) is 8.07. The largest absolute Gasteiger partial charge is 0.492 e. The molecule has 3 aromatic carbocycles. The Morgan fingerprint density at radius 3 is 2.27 bits per heavy atom. The van der Waals surface area contributed by atoms with Crippen molar-refractivity contribution >= 4 is 45.3 Å². The highest BCUT2D eigenvalue weighted by Crippen LogP contribution is 2.36. The van der Waals surface area contributed by atoms with Gasteiger partial charge in [0.05, 0.1) is 5.88 Å². The minimum Gasteiger partial charge on any atom is -0.492 e. The molecular formula is C26H22Cl2O2. The fourth-order valence-corrected chi connectivity index (χ4v) is 4.00. The normalized spacial score (nSPS) is 12.1. The van der Waals surface area contributed by atoms with Crippen molar-refractivity contribution in [2.75, 3.05) is 12.5 Å². The minimum absolute atomic E-state index is 0.403. The first kappa shape index (κ1) is 20.6. The molecule has 30 heavy (non-hydrogen) atoms. The molecule has 0 atom stereocenters. The second-order valence-corrected chi connectivity index (χ2v) is 7.69. The van der Waals surface area contributed by atoms with Gasteiger partial charge >= 0.3 is 0 Å². The van der Waals surface area contributed by atoms with E-state index in [1.165, 1.54) is 16.7 Å². The third kappa shape index (κ3) is 4.40. The summed E-state index contributed by atoms with van der Waals surface area (Å²) in [4.78, 5) is 0. The average molecular weight is 437 g/mol. The highest BCUT2D eigenvalue weighted by Gasteiger charge is 2.14. The molecule has 0 saturated carbocycles. The number of hydrogen-bond donors (Lipinski definition) is 0. The fraction of sp³-hybridized carbons (Fsp3) is 0.154. The minimum atomic E-state index is 0.403. The monoisotopic (exact) mass is 436 g/mol. The van der Waals surface area contributed by atoms with E-state index in [-0.39, 0.29) is 0 Å². The van der Waals surface area contributed by atoms with E-state index in [0.717, 1.165) is 34.3 Å². The lowest BCUT2D eigenvalue weighted by molar-refractivity contribution is 0.343. The Morgan fingerprint density at radius 1 is 0.867 bits per heavy atom. The zero-order valence-electron chi connectivity index (χ0n) is 16.7. The van der Waals surface area contributed by atoms with Gasteiger partial charge in [-0.3, -0.25) is 0 Å². The standard InChI is InChI=1S/C26H22Cl2O2/c1-2-23(20-10-13-24-21(16-20)17-25(28)30-24)26(18-6-4-3-5-7-18)19-8-11-22(12-9-19)29-15-14-27/h3-13,16-17H,2,14-15H2,1H3. The first-order valence-corrected chi connectivity index (χ1v) is 10.9. The van der Waals surface area contributed by atoms with E-state index >= 15 is 0 Å². The van der Waals surface area contributed by atoms with Gasteiger partial charge in [-0.15, -0.1) is 11.6 Å². The highest BCUT2D eigenvalue weighted by molar-refractivity contribution is 6.29. The van der Waals surface area contributed by atoms with Crippen molar-refractivity contribution in [2.45, 2.75) is 13.3 Å². The highest BCUT2D eigenvalue weighted by atomic mass is 35.5. The van der Waals surface area contributed by atoms with E-state index < -0.39 is 0 Å². The van der Waals surface area contributed by atoms with Crippen molar-refractivity contribution < 1.29 is 9.15 Å². The summed E-state index contributed by atoms with van der Waals surface area (Å²) in [6, 6.07) is 26.8. The maximum atomic E-state index is 6.06. The number of rotatable bonds is 7. The van der Waals surface area contributed by atoms with E-state index in [9.17, 15) is 0 Å². The second-order valence-electron chi connectivity index (χ2n) is 6.94. The van der Waals surface area contributed by atoms with Crippen LogP contribution in [0.3, 0.4) is 0 Å². The Kier molecular flexibility index (Phi) is 6.47. The van der Waals surface area contributed by atoms with Crippen LogP contribution < -0.4 is 4.74 Å². The van der Waals surface area contributed by atoms with Gasteiger partial charge in [0.25, 0.3) is 0 Å².